The van der Waals surface area contributed by atoms with Gasteiger partial charge in [-0.2, -0.15) is 0 Å². The molecule has 2 atom stereocenters. The van der Waals surface area contributed by atoms with Crippen LogP contribution in [0.1, 0.15) is 32.1 Å². The number of carbonyl (C=O) groups is 1. The summed E-state index contributed by atoms with van der Waals surface area (Å²) < 4.78 is 1.48. The number of amides is 1. The lowest BCUT2D eigenvalue weighted by molar-refractivity contribution is -0.135. The van der Waals surface area contributed by atoms with Gasteiger partial charge in [-0.25, -0.2) is 4.98 Å². The highest BCUT2D eigenvalue weighted by molar-refractivity contribution is 7.17. The zero-order valence-electron chi connectivity index (χ0n) is 16.4. The molecule has 5 rings (SSSR count). The lowest BCUT2D eigenvalue weighted by Gasteiger charge is -2.41. The summed E-state index contributed by atoms with van der Waals surface area (Å²) in [6, 6.07) is 9.89. The van der Waals surface area contributed by atoms with E-state index in [0.717, 1.165) is 41.4 Å². The van der Waals surface area contributed by atoms with E-state index in [4.69, 9.17) is 0 Å². The Labute approximate surface area is 174 Å². The van der Waals surface area contributed by atoms with Crippen molar-refractivity contribution in [2.75, 3.05) is 13.1 Å². The maximum Gasteiger partial charge on any atom is 0.263 e. The summed E-state index contributed by atoms with van der Waals surface area (Å²) in [7, 11) is 0. The van der Waals surface area contributed by atoms with Crippen LogP contribution >= 0.6 is 11.3 Å². The molecule has 5 nitrogen and oxygen atoms in total. The van der Waals surface area contributed by atoms with Crippen molar-refractivity contribution in [1.82, 2.24) is 14.5 Å². The lowest BCUT2D eigenvalue weighted by Crippen LogP contribution is -2.46. The van der Waals surface area contributed by atoms with E-state index in [9.17, 15) is 9.59 Å². The molecule has 0 bridgehead atoms. The number of thiophene rings is 1. The average Bonchev–Trinajstić information content (AvgIpc) is 3.21. The number of piperidine rings is 1. The maximum absolute atomic E-state index is 13.2. The first kappa shape index (κ1) is 18.6. The van der Waals surface area contributed by atoms with Gasteiger partial charge in [0, 0.05) is 24.0 Å². The normalized spacial score (nSPS) is 21.9. The standard InChI is InChI=1S/C23H25N3O2S/c27-20(25-11-10-16-6-4-5-9-18(16)12-25)13-26-15-24-22-21(23(26)28)19(14-29-22)17-7-2-1-3-8-17/h1-3,7-8,14-16,18H,4-6,9-13H2/t16-,18-/m1/s1. The van der Waals surface area contributed by atoms with Crippen molar-refractivity contribution in [3.8, 4) is 11.1 Å². The van der Waals surface area contributed by atoms with Crippen LogP contribution in [-0.4, -0.2) is 33.4 Å². The summed E-state index contributed by atoms with van der Waals surface area (Å²) in [5.74, 6) is 1.46. The zero-order valence-corrected chi connectivity index (χ0v) is 17.2. The van der Waals surface area contributed by atoms with Gasteiger partial charge in [0.25, 0.3) is 5.56 Å². The minimum Gasteiger partial charge on any atom is -0.341 e. The number of likely N-dealkylation sites (tertiary alicyclic amines) is 1. The van der Waals surface area contributed by atoms with Gasteiger partial charge in [0.05, 0.1) is 11.7 Å². The van der Waals surface area contributed by atoms with Gasteiger partial charge in [-0.05, 0) is 30.2 Å². The quantitative estimate of drug-likeness (QED) is 0.655. The van der Waals surface area contributed by atoms with Crippen molar-refractivity contribution in [1.29, 1.82) is 0 Å². The van der Waals surface area contributed by atoms with E-state index in [0.29, 0.717) is 11.3 Å². The second kappa shape index (κ2) is 7.75. The van der Waals surface area contributed by atoms with E-state index in [1.165, 1.54) is 47.9 Å². The van der Waals surface area contributed by atoms with Gasteiger partial charge < -0.3 is 4.90 Å². The Morgan fingerprint density at radius 2 is 1.90 bits per heavy atom. The number of hydrogen-bond donors (Lipinski definition) is 0. The van der Waals surface area contributed by atoms with Crippen LogP contribution < -0.4 is 5.56 Å². The topological polar surface area (TPSA) is 55.2 Å². The minimum atomic E-state index is -0.129. The van der Waals surface area contributed by atoms with E-state index in [2.05, 4.69) is 4.98 Å². The second-order valence-corrected chi connectivity index (χ2v) is 9.16. The van der Waals surface area contributed by atoms with E-state index < -0.39 is 0 Å². The van der Waals surface area contributed by atoms with Crippen LogP contribution in [0, 0.1) is 11.8 Å². The predicted molar refractivity (Wildman–Crippen MR) is 116 cm³/mol. The van der Waals surface area contributed by atoms with Crippen molar-refractivity contribution in [3.63, 3.8) is 0 Å². The van der Waals surface area contributed by atoms with Crippen LogP contribution in [0.2, 0.25) is 0 Å². The van der Waals surface area contributed by atoms with Gasteiger partial charge in [-0.15, -0.1) is 11.3 Å². The molecule has 150 valence electrons. The van der Waals surface area contributed by atoms with E-state index in [-0.39, 0.29) is 18.0 Å². The molecule has 0 radical (unpaired) electrons. The maximum atomic E-state index is 13.2. The SMILES string of the molecule is O=C(Cn1cnc2scc(-c3ccccc3)c2c1=O)N1CC[C@H]2CCCC[C@@H]2C1. The molecule has 1 aromatic carbocycles. The highest BCUT2D eigenvalue weighted by Gasteiger charge is 2.33. The predicted octanol–water partition coefficient (Wildman–Crippen LogP) is 4.16. The molecule has 0 unspecified atom stereocenters. The fraction of sp³-hybridized carbons (Fsp3) is 0.435. The molecule has 1 saturated carbocycles. The Morgan fingerprint density at radius 1 is 1.10 bits per heavy atom. The molecule has 0 spiro atoms. The molecule has 1 saturated heterocycles. The smallest absolute Gasteiger partial charge is 0.263 e. The van der Waals surface area contributed by atoms with Crippen molar-refractivity contribution in [3.05, 3.63) is 52.4 Å². The summed E-state index contributed by atoms with van der Waals surface area (Å²) in [5, 5.41) is 2.59. The zero-order chi connectivity index (χ0) is 19.8. The number of hydrogen-bond acceptors (Lipinski definition) is 4. The van der Waals surface area contributed by atoms with Crippen molar-refractivity contribution >= 4 is 27.5 Å². The van der Waals surface area contributed by atoms with Crippen LogP contribution in [0.5, 0.6) is 0 Å². The molecule has 1 amide bonds. The van der Waals surface area contributed by atoms with Crippen LogP contribution in [0.25, 0.3) is 21.3 Å². The van der Waals surface area contributed by atoms with Crippen molar-refractivity contribution in [2.24, 2.45) is 11.8 Å². The third kappa shape index (κ3) is 3.50. The van der Waals surface area contributed by atoms with Crippen LogP contribution in [-0.2, 0) is 11.3 Å². The first-order valence-corrected chi connectivity index (χ1v) is 11.4. The third-order valence-corrected chi connectivity index (χ3v) is 7.48. The number of nitrogens with zero attached hydrogens (tertiary/aromatic N) is 3. The molecule has 29 heavy (non-hydrogen) atoms. The van der Waals surface area contributed by atoms with Gasteiger partial charge >= 0.3 is 0 Å². The van der Waals surface area contributed by atoms with Crippen molar-refractivity contribution in [2.45, 2.75) is 38.6 Å². The Balaban J connectivity index is 1.40. The number of fused-ring (bicyclic) bond motifs is 2. The average molecular weight is 408 g/mol. The first-order chi connectivity index (χ1) is 14.2. The van der Waals surface area contributed by atoms with Gasteiger partial charge in [0.1, 0.15) is 11.4 Å². The van der Waals surface area contributed by atoms with E-state index in [1.54, 1.807) is 0 Å². The fourth-order valence-electron chi connectivity index (χ4n) is 4.98. The number of rotatable bonds is 3. The van der Waals surface area contributed by atoms with Crippen LogP contribution in [0.3, 0.4) is 0 Å². The molecular weight excluding hydrogens is 382 g/mol. The fourth-order valence-corrected chi connectivity index (χ4v) is 5.89. The van der Waals surface area contributed by atoms with Crippen molar-refractivity contribution < 1.29 is 4.79 Å². The molecule has 2 fully saturated rings. The monoisotopic (exact) mass is 407 g/mol. The highest BCUT2D eigenvalue weighted by atomic mass is 32.1. The molecule has 3 heterocycles. The number of benzene rings is 1. The summed E-state index contributed by atoms with van der Waals surface area (Å²) in [6.07, 6.45) is 7.79. The third-order valence-electron chi connectivity index (χ3n) is 6.60. The summed E-state index contributed by atoms with van der Waals surface area (Å²) in [4.78, 5) is 33.3. The van der Waals surface area contributed by atoms with E-state index >= 15 is 0 Å². The van der Waals surface area contributed by atoms with Crippen LogP contribution in [0.15, 0.2) is 46.8 Å². The molecule has 1 aliphatic carbocycles. The molecule has 1 aliphatic heterocycles. The van der Waals surface area contributed by atoms with Gasteiger partial charge in [0.15, 0.2) is 0 Å². The lowest BCUT2D eigenvalue weighted by atomic mass is 9.75. The molecule has 2 aromatic heterocycles. The van der Waals surface area contributed by atoms with Gasteiger partial charge in [-0.1, -0.05) is 49.6 Å². The van der Waals surface area contributed by atoms with Gasteiger partial charge in [-0.3, -0.25) is 14.2 Å². The molecule has 0 N–H and O–H groups in total. The Morgan fingerprint density at radius 3 is 2.72 bits per heavy atom. The molecular formula is C23H25N3O2S. The molecule has 2 aliphatic rings. The summed E-state index contributed by atoms with van der Waals surface area (Å²) in [6.45, 7) is 1.74. The summed E-state index contributed by atoms with van der Waals surface area (Å²) >= 11 is 1.47. The Bertz CT molecular complexity index is 1090. The molecule has 6 heteroatoms. The minimum absolute atomic E-state index is 0.0359. The summed E-state index contributed by atoms with van der Waals surface area (Å²) in [5.41, 5.74) is 1.77. The Kier molecular flexibility index (Phi) is 4.96. The van der Waals surface area contributed by atoms with Gasteiger partial charge in [0.2, 0.25) is 5.91 Å². The first-order valence-electron chi connectivity index (χ1n) is 10.5. The van der Waals surface area contributed by atoms with E-state index in [1.807, 2.05) is 40.6 Å². The highest BCUT2D eigenvalue weighted by Crippen LogP contribution is 2.36. The van der Waals surface area contributed by atoms with Crippen LogP contribution in [0.4, 0.5) is 0 Å². The molecule has 3 aromatic rings. The Hall–Kier alpha value is -2.47. The number of carbonyl (C=O) groups excluding carboxylic acids is 1. The largest absolute Gasteiger partial charge is 0.341 e. The second-order valence-electron chi connectivity index (χ2n) is 8.31. The number of aromatic nitrogens is 2.